The van der Waals surface area contributed by atoms with E-state index in [4.69, 9.17) is 4.74 Å². The summed E-state index contributed by atoms with van der Waals surface area (Å²) in [5, 5.41) is -0.533. The Morgan fingerprint density at radius 2 is 1.81 bits per heavy atom. The van der Waals surface area contributed by atoms with Gasteiger partial charge in [-0.3, -0.25) is 4.79 Å². The first-order valence-corrected chi connectivity index (χ1v) is 5.72. The second-order valence-electron chi connectivity index (χ2n) is 4.04. The molecule has 3 unspecified atom stereocenters. The lowest BCUT2D eigenvalue weighted by Gasteiger charge is -2.11. The molecule has 3 rings (SSSR count). The predicted molar refractivity (Wildman–Crippen MR) is 65.3 cm³/mol. The molecule has 0 aromatic heterocycles. The number of epoxide rings is 1. The highest BCUT2D eigenvalue weighted by Gasteiger charge is 2.69. The zero-order valence-corrected chi connectivity index (χ0v) is 9.74. The second-order valence-corrected chi connectivity index (χ2v) is 4.90. The van der Waals surface area contributed by atoms with E-state index >= 15 is 0 Å². The Morgan fingerprint density at radius 1 is 1.12 bits per heavy atom. The van der Waals surface area contributed by atoms with E-state index in [2.05, 4.69) is 9.24 Å². The van der Waals surface area contributed by atoms with Crippen LogP contribution in [0, 0.1) is 0 Å². The molecule has 1 aliphatic carbocycles. The van der Waals surface area contributed by atoms with Crippen molar-refractivity contribution in [1.29, 1.82) is 0 Å². The molecule has 0 spiro atoms. The van der Waals surface area contributed by atoms with Crippen molar-refractivity contribution in [3.8, 4) is 0 Å². The highest BCUT2D eigenvalue weighted by Crippen LogP contribution is 2.58. The summed E-state index contributed by atoms with van der Waals surface area (Å²) in [4.78, 5) is 12.3. The van der Waals surface area contributed by atoms with Crippen LogP contribution in [0.5, 0.6) is 0 Å². The van der Waals surface area contributed by atoms with Crippen molar-refractivity contribution in [2.45, 2.75) is 10.9 Å². The lowest BCUT2D eigenvalue weighted by Crippen LogP contribution is -2.29. The van der Waals surface area contributed by atoms with Gasteiger partial charge in [0.15, 0.2) is 5.60 Å². The zero-order valence-electron chi connectivity index (χ0n) is 8.59. The van der Waals surface area contributed by atoms with Crippen molar-refractivity contribution >= 4 is 15.0 Å². The molecule has 1 saturated heterocycles. The lowest BCUT2D eigenvalue weighted by molar-refractivity contribution is 0.0909. The molecular formula is C13H11O2P. The Balaban J connectivity index is 2.00. The van der Waals surface area contributed by atoms with Crippen LogP contribution in [0.1, 0.15) is 10.4 Å². The zero-order chi connectivity index (χ0) is 11.2. The minimum absolute atomic E-state index is 0.0173. The molecule has 0 saturated carbocycles. The lowest BCUT2D eigenvalue weighted by atomic mass is 9.91. The molecule has 1 aliphatic heterocycles. The van der Waals surface area contributed by atoms with Crippen LogP contribution >= 0.6 is 9.24 Å². The standard InChI is InChI=1S/C13H11O2P/c14-11(10-6-2-1-3-7-10)12-8-4-5-9-13(12,16)15-12/h1-9H,16H2. The normalized spacial score (nSPS) is 34.6. The maximum absolute atomic E-state index is 12.3. The molecule has 0 N–H and O–H groups in total. The van der Waals surface area contributed by atoms with Gasteiger partial charge in [0.05, 0.1) is 0 Å². The van der Waals surface area contributed by atoms with Gasteiger partial charge < -0.3 is 4.74 Å². The molecule has 1 heterocycles. The summed E-state index contributed by atoms with van der Waals surface area (Å²) >= 11 is 0. The molecule has 1 aromatic carbocycles. The fourth-order valence-corrected chi connectivity index (χ4v) is 2.58. The quantitative estimate of drug-likeness (QED) is 0.443. The highest BCUT2D eigenvalue weighted by molar-refractivity contribution is 7.20. The monoisotopic (exact) mass is 230 g/mol. The number of hydrogen-bond donors (Lipinski definition) is 0. The Hall–Kier alpha value is -1.24. The molecule has 80 valence electrons. The summed E-state index contributed by atoms with van der Waals surface area (Å²) in [7, 11) is 2.61. The van der Waals surface area contributed by atoms with E-state index in [9.17, 15) is 4.79 Å². The summed E-state index contributed by atoms with van der Waals surface area (Å²) in [6.45, 7) is 0. The number of hydrogen-bond acceptors (Lipinski definition) is 2. The third-order valence-corrected chi connectivity index (χ3v) is 3.77. The smallest absolute Gasteiger partial charge is 0.202 e. The van der Waals surface area contributed by atoms with Crippen LogP contribution in [0.3, 0.4) is 0 Å². The number of carbonyl (C=O) groups is 1. The van der Waals surface area contributed by atoms with Crippen molar-refractivity contribution in [3.63, 3.8) is 0 Å². The predicted octanol–water partition coefficient (Wildman–Crippen LogP) is 2.34. The van der Waals surface area contributed by atoms with Crippen LogP contribution in [-0.2, 0) is 4.74 Å². The Kier molecular flexibility index (Phi) is 1.95. The van der Waals surface area contributed by atoms with E-state index in [1.807, 2.05) is 54.6 Å². The third-order valence-electron chi connectivity index (χ3n) is 3.03. The molecule has 2 aliphatic rings. The van der Waals surface area contributed by atoms with E-state index in [1.54, 1.807) is 0 Å². The van der Waals surface area contributed by atoms with E-state index in [0.717, 1.165) is 0 Å². The van der Waals surface area contributed by atoms with Crippen LogP contribution in [0.4, 0.5) is 0 Å². The first-order valence-electron chi connectivity index (χ1n) is 5.14. The topological polar surface area (TPSA) is 29.6 Å². The summed E-state index contributed by atoms with van der Waals surface area (Å²) in [5.74, 6) is 0.0173. The SMILES string of the molecule is O=C(c1ccccc1)C12C=CC=CC1(P)O2. The van der Waals surface area contributed by atoms with Crippen molar-refractivity contribution < 1.29 is 9.53 Å². The van der Waals surface area contributed by atoms with Gasteiger partial charge in [0, 0.05) is 5.56 Å². The molecule has 0 amide bonds. The maximum atomic E-state index is 12.3. The molecule has 3 heteroatoms. The number of allylic oxidation sites excluding steroid dienone is 2. The molecule has 3 atom stereocenters. The van der Waals surface area contributed by atoms with E-state index in [1.165, 1.54) is 0 Å². The molecular weight excluding hydrogens is 219 g/mol. The van der Waals surface area contributed by atoms with Crippen LogP contribution < -0.4 is 0 Å². The second kappa shape index (κ2) is 3.13. The van der Waals surface area contributed by atoms with Gasteiger partial charge in [0.1, 0.15) is 5.34 Å². The van der Waals surface area contributed by atoms with Crippen molar-refractivity contribution in [2.75, 3.05) is 0 Å². The number of ketones is 1. The number of Topliss-reactive ketones (excluding diaryl/α,β-unsaturated/α-hetero) is 1. The van der Waals surface area contributed by atoms with Gasteiger partial charge >= 0.3 is 0 Å². The number of rotatable bonds is 2. The van der Waals surface area contributed by atoms with Gasteiger partial charge in [-0.2, -0.15) is 0 Å². The minimum Gasteiger partial charge on any atom is -0.340 e. The van der Waals surface area contributed by atoms with Gasteiger partial charge in [-0.05, 0) is 12.2 Å². The summed E-state index contributed by atoms with van der Waals surface area (Å²) in [5.41, 5.74) is -0.111. The third kappa shape index (κ3) is 1.17. The van der Waals surface area contributed by atoms with Crippen LogP contribution in [0.2, 0.25) is 0 Å². The van der Waals surface area contributed by atoms with Crippen LogP contribution in [0.25, 0.3) is 0 Å². The van der Waals surface area contributed by atoms with Crippen molar-refractivity contribution in [3.05, 3.63) is 60.2 Å². The number of benzene rings is 1. The van der Waals surface area contributed by atoms with Gasteiger partial charge in [-0.25, -0.2) is 0 Å². The first-order chi connectivity index (χ1) is 7.68. The Labute approximate surface area is 96.2 Å². The van der Waals surface area contributed by atoms with Crippen molar-refractivity contribution in [1.82, 2.24) is 0 Å². The molecule has 16 heavy (non-hydrogen) atoms. The number of ether oxygens (including phenoxy) is 1. The molecule has 0 bridgehead atoms. The average Bonchev–Trinajstić information content (AvgIpc) is 2.97. The van der Waals surface area contributed by atoms with Crippen molar-refractivity contribution in [2.24, 2.45) is 0 Å². The minimum atomic E-state index is -0.798. The summed E-state index contributed by atoms with van der Waals surface area (Å²) < 4.78 is 5.61. The average molecular weight is 230 g/mol. The van der Waals surface area contributed by atoms with E-state index < -0.39 is 10.9 Å². The fourth-order valence-electron chi connectivity index (χ4n) is 2.06. The Morgan fingerprint density at radius 3 is 2.50 bits per heavy atom. The summed E-state index contributed by atoms with van der Waals surface area (Å²) in [6, 6.07) is 9.25. The molecule has 2 nitrogen and oxygen atoms in total. The highest BCUT2D eigenvalue weighted by atomic mass is 31.0. The largest absolute Gasteiger partial charge is 0.340 e. The number of carbonyl (C=O) groups excluding carboxylic acids is 1. The van der Waals surface area contributed by atoms with Gasteiger partial charge in [0.25, 0.3) is 0 Å². The molecule has 0 radical (unpaired) electrons. The first kappa shape index (κ1) is 9.95. The molecule has 1 fully saturated rings. The van der Waals surface area contributed by atoms with Crippen LogP contribution in [-0.4, -0.2) is 16.7 Å². The summed E-state index contributed by atoms with van der Waals surface area (Å²) in [6.07, 6.45) is 7.49. The van der Waals surface area contributed by atoms with Crippen LogP contribution in [0.15, 0.2) is 54.6 Å². The van der Waals surface area contributed by atoms with Gasteiger partial charge in [-0.15, -0.1) is 0 Å². The van der Waals surface area contributed by atoms with E-state index in [0.29, 0.717) is 5.56 Å². The fraction of sp³-hybridized carbons (Fsp3) is 0.154. The number of fused-ring (bicyclic) bond motifs is 1. The van der Waals surface area contributed by atoms with Gasteiger partial charge in [-0.1, -0.05) is 51.7 Å². The maximum Gasteiger partial charge on any atom is 0.202 e. The van der Waals surface area contributed by atoms with E-state index in [-0.39, 0.29) is 5.78 Å². The Bertz CT molecular complexity index is 506. The molecule has 1 aromatic rings. The van der Waals surface area contributed by atoms with Gasteiger partial charge in [0.2, 0.25) is 5.78 Å².